The second kappa shape index (κ2) is 12.0. The van der Waals surface area contributed by atoms with Crippen molar-refractivity contribution in [2.45, 2.75) is 0 Å². The Bertz CT molecular complexity index is 1310. The number of rotatable bonds is 10. The predicted molar refractivity (Wildman–Crippen MR) is 155 cm³/mol. The smallest absolute Gasteiger partial charge is 0.0562 e. The van der Waals surface area contributed by atoms with Gasteiger partial charge in [0.2, 0.25) is 0 Å². The molecule has 0 atom stereocenters. The van der Waals surface area contributed by atoms with Gasteiger partial charge in [0.1, 0.15) is 0 Å². The highest BCUT2D eigenvalue weighted by atomic mass is 15.3. The summed E-state index contributed by atoms with van der Waals surface area (Å²) in [7, 11) is 1.85. The van der Waals surface area contributed by atoms with Crippen LogP contribution < -0.4 is 15.6 Å². The van der Waals surface area contributed by atoms with Crippen LogP contribution in [0.3, 0.4) is 0 Å². The van der Waals surface area contributed by atoms with E-state index < -0.39 is 0 Å². The van der Waals surface area contributed by atoms with E-state index >= 15 is 0 Å². The van der Waals surface area contributed by atoms with Gasteiger partial charge in [0.25, 0.3) is 0 Å². The van der Waals surface area contributed by atoms with E-state index in [1.54, 1.807) is 6.21 Å². The first-order valence-corrected chi connectivity index (χ1v) is 11.8. The third-order valence-corrected chi connectivity index (χ3v) is 5.63. The quantitative estimate of drug-likeness (QED) is 0.143. The zero-order valence-corrected chi connectivity index (χ0v) is 20.4. The third-order valence-electron chi connectivity index (χ3n) is 5.63. The van der Waals surface area contributed by atoms with Crippen molar-refractivity contribution in [1.82, 2.24) is 10.7 Å². The van der Waals surface area contributed by atoms with Gasteiger partial charge >= 0.3 is 0 Å². The molecular weight excluding hydrogens is 440 g/mol. The maximum absolute atomic E-state index is 4.40. The number of benzene rings is 4. The lowest BCUT2D eigenvalue weighted by Crippen LogP contribution is -2.09. The number of nitrogens with zero attached hydrogens (tertiary/aromatic N) is 2. The van der Waals surface area contributed by atoms with Crippen LogP contribution in [0.15, 0.2) is 139 Å². The number of hydrazone groups is 1. The molecule has 4 aromatic rings. The first-order chi connectivity index (χ1) is 17.6. The van der Waals surface area contributed by atoms with Gasteiger partial charge in [-0.15, -0.1) is 0 Å². The van der Waals surface area contributed by atoms with E-state index in [9.17, 15) is 0 Å². The van der Waals surface area contributed by atoms with Gasteiger partial charge in [-0.1, -0.05) is 86.0 Å². The summed E-state index contributed by atoms with van der Waals surface area (Å²) in [6.07, 6.45) is 5.74. The van der Waals surface area contributed by atoms with E-state index in [2.05, 4.69) is 113 Å². The molecule has 2 N–H and O–H groups in total. The van der Waals surface area contributed by atoms with Gasteiger partial charge in [0, 0.05) is 29.8 Å². The van der Waals surface area contributed by atoms with Crippen LogP contribution in [0, 0.1) is 0 Å². The van der Waals surface area contributed by atoms with E-state index in [0.29, 0.717) is 0 Å². The highest BCUT2D eigenvalue weighted by Crippen LogP contribution is 2.33. The van der Waals surface area contributed by atoms with Crippen molar-refractivity contribution >= 4 is 35.0 Å². The van der Waals surface area contributed by atoms with E-state index in [4.69, 9.17) is 0 Å². The number of anilines is 3. The van der Waals surface area contributed by atoms with Crippen LogP contribution in [-0.2, 0) is 0 Å². The zero-order chi connectivity index (χ0) is 25.2. The molecule has 4 nitrogen and oxygen atoms in total. The number of allylic oxidation sites excluding steroid dienone is 1. The molecule has 0 heterocycles. The van der Waals surface area contributed by atoms with Crippen LogP contribution in [-0.4, -0.2) is 13.3 Å². The molecule has 0 saturated heterocycles. The molecule has 0 saturated carbocycles. The first kappa shape index (κ1) is 24.3. The van der Waals surface area contributed by atoms with Gasteiger partial charge in [0.05, 0.1) is 11.9 Å². The molecule has 0 amide bonds. The summed E-state index contributed by atoms with van der Waals surface area (Å²) < 4.78 is 0. The molecule has 0 unspecified atom stereocenters. The summed E-state index contributed by atoms with van der Waals surface area (Å²) in [4.78, 5) is 2.23. The summed E-state index contributed by atoms with van der Waals surface area (Å²) in [6, 6.07) is 37.1. The molecule has 0 aliphatic rings. The van der Waals surface area contributed by atoms with Gasteiger partial charge in [-0.3, -0.25) is 5.43 Å². The Kier molecular flexibility index (Phi) is 8.13. The van der Waals surface area contributed by atoms with Crippen molar-refractivity contribution < 1.29 is 0 Å². The highest BCUT2D eigenvalue weighted by Gasteiger charge is 2.11. The Balaban J connectivity index is 1.45. The van der Waals surface area contributed by atoms with Crippen LogP contribution in [0.2, 0.25) is 0 Å². The maximum Gasteiger partial charge on any atom is 0.0562 e. The minimum absolute atomic E-state index is 0.727. The Labute approximate surface area is 213 Å². The third kappa shape index (κ3) is 6.39. The van der Waals surface area contributed by atoms with Crippen molar-refractivity contribution in [1.29, 1.82) is 0 Å². The molecule has 0 aliphatic heterocycles. The number of nitrogens with one attached hydrogen (secondary N) is 2. The SMILES string of the molecule is C=C(/C=C/c1cccc(C(=C)N/N=C/c2ccc(N(c3ccccc3)c3ccccc3)cc2)c1)NC. The van der Waals surface area contributed by atoms with Crippen LogP contribution in [0.1, 0.15) is 16.7 Å². The lowest BCUT2D eigenvalue weighted by Gasteiger charge is -2.25. The Morgan fingerprint density at radius 3 is 1.94 bits per heavy atom. The zero-order valence-electron chi connectivity index (χ0n) is 20.4. The largest absolute Gasteiger partial charge is 0.389 e. The monoisotopic (exact) mass is 470 g/mol. The van der Waals surface area contributed by atoms with E-state index in [-0.39, 0.29) is 0 Å². The van der Waals surface area contributed by atoms with Gasteiger partial charge in [-0.25, -0.2) is 0 Å². The molecule has 0 radical (unpaired) electrons. The summed E-state index contributed by atoms with van der Waals surface area (Å²) in [5.41, 5.74) is 10.9. The average Bonchev–Trinajstić information content (AvgIpc) is 2.94. The van der Waals surface area contributed by atoms with Gasteiger partial charge in [-0.2, -0.15) is 5.10 Å². The van der Waals surface area contributed by atoms with E-state index in [0.717, 1.165) is 45.1 Å². The van der Waals surface area contributed by atoms with Crippen molar-refractivity contribution in [2.75, 3.05) is 11.9 Å². The number of para-hydroxylation sites is 2. The van der Waals surface area contributed by atoms with Crippen LogP contribution in [0.25, 0.3) is 11.8 Å². The Morgan fingerprint density at radius 2 is 1.33 bits per heavy atom. The van der Waals surface area contributed by atoms with Crippen LogP contribution in [0.5, 0.6) is 0 Å². The molecule has 0 aromatic heterocycles. The summed E-state index contributed by atoms with van der Waals surface area (Å²) in [5, 5.41) is 7.40. The Hall–Kier alpha value is -4.83. The maximum atomic E-state index is 4.40. The standard InChI is InChI=1S/C32H30N4/c1-25(33-3)17-18-27-11-10-12-29(23-27)26(2)35-34-24-28-19-21-32(22-20-28)36(30-13-6-4-7-14-30)31-15-8-5-9-16-31/h4-24,33,35H,1-2H2,3H3/b18-17+,34-24+. The van der Waals surface area contributed by atoms with Crippen molar-refractivity contribution in [2.24, 2.45) is 5.10 Å². The van der Waals surface area contributed by atoms with E-state index in [1.807, 2.05) is 49.5 Å². The predicted octanol–water partition coefficient (Wildman–Crippen LogP) is 7.50. The molecule has 4 aromatic carbocycles. The average molecular weight is 471 g/mol. The van der Waals surface area contributed by atoms with Gasteiger partial charge in [-0.05, 0) is 65.2 Å². The molecule has 0 spiro atoms. The number of likely N-dealkylation sites (N-methyl/N-ethyl adjacent to an activating group) is 1. The normalized spacial score (nSPS) is 10.9. The second-order valence-corrected chi connectivity index (χ2v) is 8.18. The summed E-state index contributed by atoms with van der Waals surface area (Å²) in [6.45, 7) is 8.04. The molecule has 4 heteroatoms. The molecule has 178 valence electrons. The van der Waals surface area contributed by atoms with Crippen molar-refractivity contribution in [3.63, 3.8) is 0 Å². The first-order valence-electron chi connectivity index (χ1n) is 11.8. The molecule has 4 rings (SSSR count). The number of hydrogen-bond acceptors (Lipinski definition) is 4. The van der Waals surface area contributed by atoms with Gasteiger partial charge in [0.15, 0.2) is 0 Å². The fraction of sp³-hybridized carbons (Fsp3) is 0.0312. The summed E-state index contributed by atoms with van der Waals surface area (Å²) in [5.74, 6) is 0. The minimum Gasteiger partial charge on any atom is -0.389 e. The Morgan fingerprint density at radius 1 is 0.722 bits per heavy atom. The fourth-order valence-corrected chi connectivity index (χ4v) is 3.67. The second-order valence-electron chi connectivity index (χ2n) is 8.18. The molecular formula is C32H30N4. The summed E-state index contributed by atoms with van der Waals surface area (Å²) >= 11 is 0. The highest BCUT2D eigenvalue weighted by molar-refractivity contribution is 5.83. The van der Waals surface area contributed by atoms with Crippen molar-refractivity contribution in [3.8, 4) is 0 Å². The van der Waals surface area contributed by atoms with E-state index in [1.165, 1.54) is 0 Å². The van der Waals surface area contributed by atoms with Crippen molar-refractivity contribution in [3.05, 3.63) is 151 Å². The van der Waals surface area contributed by atoms with Crippen LogP contribution in [0.4, 0.5) is 17.1 Å². The molecule has 36 heavy (non-hydrogen) atoms. The topological polar surface area (TPSA) is 39.7 Å². The lowest BCUT2D eigenvalue weighted by atomic mass is 10.1. The lowest BCUT2D eigenvalue weighted by molar-refractivity contribution is 1.00. The number of hydrogen-bond donors (Lipinski definition) is 2. The minimum atomic E-state index is 0.727. The molecule has 0 bridgehead atoms. The fourth-order valence-electron chi connectivity index (χ4n) is 3.67. The van der Waals surface area contributed by atoms with Gasteiger partial charge < -0.3 is 10.2 Å². The molecule has 0 aliphatic carbocycles. The molecule has 0 fully saturated rings. The van der Waals surface area contributed by atoms with Crippen LogP contribution >= 0.6 is 0 Å².